The van der Waals surface area contributed by atoms with E-state index in [1.165, 1.54) is 18.9 Å². The largest absolute Gasteiger partial charge is 0.346 e. The molecule has 5 nitrogen and oxygen atoms in total. The van der Waals surface area contributed by atoms with Crippen molar-refractivity contribution in [3.05, 3.63) is 35.6 Å². The van der Waals surface area contributed by atoms with E-state index in [0.717, 1.165) is 44.5 Å². The molecule has 0 saturated carbocycles. The molecule has 7 heteroatoms. The van der Waals surface area contributed by atoms with E-state index in [1.807, 2.05) is 18.0 Å². The average molecular weight is 427 g/mol. The lowest BCUT2D eigenvalue weighted by Crippen LogP contribution is -2.36. The maximum absolute atomic E-state index is 13.4. The predicted octanol–water partition coefficient (Wildman–Crippen LogP) is 3.42. The Morgan fingerprint density at radius 1 is 1.34 bits per heavy atom. The SMILES string of the molecule is CC(CC(=O)N(C)CCCC1CC(c2cccc(F)c2)NN1)C1CCCNC1.Cl. The van der Waals surface area contributed by atoms with E-state index in [2.05, 4.69) is 23.1 Å². The van der Waals surface area contributed by atoms with Gasteiger partial charge in [-0.15, -0.1) is 12.4 Å². The highest BCUT2D eigenvalue weighted by Gasteiger charge is 2.26. The molecule has 2 aliphatic heterocycles. The molecular weight excluding hydrogens is 391 g/mol. The van der Waals surface area contributed by atoms with Gasteiger partial charge >= 0.3 is 0 Å². The third-order valence-electron chi connectivity index (χ3n) is 6.34. The van der Waals surface area contributed by atoms with Crippen molar-refractivity contribution in [3.63, 3.8) is 0 Å². The highest BCUT2D eigenvalue weighted by atomic mass is 35.5. The monoisotopic (exact) mass is 426 g/mol. The molecule has 1 aromatic carbocycles. The lowest BCUT2D eigenvalue weighted by Gasteiger charge is -2.29. The van der Waals surface area contributed by atoms with E-state index in [9.17, 15) is 9.18 Å². The number of amides is 1. The summed E-state index contributed by atoms with van der Waals surface area (Å²) in [7, 11) is 1.92. The molecular formula is C22H36ClFN4O. The number of nitrogens with zero attached hydrogens (tertiary/aromatic N) is 1. The molecule has 3 rings (SSSR count). The van der Waals surface area contributed by atoms with Crippen LogP contribution in [0.15, 0.2) is 24.3 Å². The van der Waals surface area contributed by atoms with Crippen LogP contribution in [0.25, 0.3) is 0 Å². The molecule has 2 saturated heterocycles. The summed E-state index contributed by atoms with van der Waals surface area (Å²) in [5.74, 6) is 1.13. The Labute approximate surface area is 180 Å². The van der Waals surface area contributed by atoms with Crippen molar-refractivity contribution in [2.24, 2.45) is 11.8 Å². The number of carbonyl (C=O) groups is 1. The number of piperidine rings is 1. The van der Waals surface area contributed by atoms with Crippen LogP contribution >= 0.6 is 12.4 Å². The van der Waals surface area contributed by atoms with Gasteiger partial charge in [0.05, 0.1) is 0 Å². The van der Waals surface area contributed by atoms with Gasteiger partial charge in [0.25, 0.3) is 0 Å². The maximum Gasteiger partial charge on any atom is 0.222 e. The Morgan fingerprint density at radius 3 is 2.90 bits per heavy atom. The second-order valence-corrected chi connectivity index (χ2v) is 8.57. The molecule has 1 amide bonds. The fourth-order valence-corrected chi connectivity index (χ4v) is 4.42. The van der Waals surface area contributed by atoms with Gasteiger partial charge in [0.2, 0.25) is 5.91 Å². The van der Waals surface area contributed by atoms with Crippen LogP contribution in [0.3, 0.4) is 0 Å². The van der Waals surface area contributed by atoms with Gasteiger partial charge in [-0.1, -0.05) is 19.1 Å². The third-order valence-corrected chi connectivity index (χ3v) is 6.34. The molecule has 1 aromatic rings. The quantitative estimate of drug-likeness (QED) is 0.596. The van der Waals surface area contributed by atoms with Crippen LogP contribution < -0.4 is 16.2 Å². The van der Waals surface area contributed by atoms with E-state index in [4.69, 9.17) is 0 Å². The van der Waals surface area contributed by atoms with Crippen molar-refractivity contribution in [1.82, 2.24) is 21.1 Å². The highest BCUT2D eigenvalue weighted by molar-refractivity contribution is 5.85. The van der Waals surface area contributed by atoms with E-state index in [0.29, 0.717) is 24.3 Å². The molecule has 4 atom stereocenters. The van der Waals surface area contributed by atoms with Crippen molar-refractivity contribution in [2.75, 3.05) is 26.7 Å². The normalized spacial score (nSPS) is 25.3. The second-order valence-electron chi connectivity index (χ2n) is 8.57. The summed E-state index contributed by atoms with van der Waals surface area (Å²) in [5.41, 5.74) is 7.57. The summed E-state index contributed by atoms with van der Waals surface area (Å²) in [4.78, 5) is 14.4. The molecule has 0 bridgehead atoms. The first-order valence-electron chi connectivity index (χ1n) is 10.7. The van der Waals surface area contributed by atoms with Crippen molar-refractivity contribution in [3.8, 4) is 0 Å². The van der Waals surface area contributed by atoms with E-state index >= 15 is 0 Å². The maximum atomic E-state index is 13.4. The van der Waals surface area contributed by atoms with Crippen molar-refractivity contribution in [2.45, 2.75) is 57.5 Å². The van der Waals surface area contributed by atoms with E-state index < -0.39 is 0 Å². The molecule has 2 aliphatic rings. The summed E-state index contributed by atoms with van der Waals surface area (Å²) in [5, 5.41) is 3.44. The fraction of sp³-hybridized carbons (Fsp3) is 0.682. The number of hydrazine groups is 1. The van der Waals surface area contributed by atoms with E-state index in [1.54, 1.807) is 12.1 Å². The molecule has 3 N–H and O–H groups in total. The van der Waals surface area contributed by atoms with Crippen LogP contribution in [0.4, 0.5) is 4.39 Å². The Hall–Kier alpha value is -1.21. The molecule has 2 fully saturated rings. The molecule has 4 unspecified atom stereocenters. The zero-order valence-electron chi connectivity index (χ0n) is 17.6. The van der Waals surface area contributed by atoms with Crippen LogP contribution in [0.5, 0.6) is 0 Å². The standard InChI is InChI=1S/C22H35FN4O.ClH/c1-16(18-7-4-10-24-15-18)12-22(28)27(2)11-5-9-20-14-21(26-25-20)17-6-3-8-19(23)13-17;/h3,6,8,13,16,18,20-21,24-26H,4-5,7,9-12,14-15H2,1-2H3;1H. The molecule has 0 spiro atoms. The van der Waals surface area contributed by atoms with Gasteiger partial charge in [-0.25, -0.2) is 4.39 Å². The fourth-order valence-electron chi connectivity index (χ4n) is 4.42. The van der Waals surface area contributed by atoms with Crippen LogP contribution in [-0.4, -0.2) is 43.5 Å². The number of benzene rings is 1. The number of hydrogen-bond acceptors (Lipinski definition) is 4. The van der Waals surface area contributed by atoms with Crippen LogP contribution in [0.1, 0.15) is 57.1 Å². The molecule has 164 valence electrons. The Kier molecular flexibility index (Phi) is 9.83. The number of carbonyl (C=O) groups excluding carboxylic acids is 1. The minimum absolute atomic E-state index is 0. The Bertz CT molecular complexity index is 641. The second kappa shape index (κ2) is 11.8. The summed E-state index contributed by atoms with van der Waals surface area (Å²) in [6.07, 6.45) is 6.01. The van der Waals surface area contributed by atoms with Crippen molar-refractivity contribution < 1.29 is 9.18 Å². The summed E-state index contributed by atoms with van der Waals surface area (Å²) in [6, 6.07) is 7.28. The molecule has 0 aromatic heterocycles. The zero-order chi connectivity index (χ0) is 19.9. The molecule has 2 heterocycles. The lowest BCUT2D eigenvalue weighted by atomic mass is 9.85. The van der Waals surface area contributed by atoms with Crippen LogP contribution in [-0.2, 0) is 4.79 Å². The van der Waals surface area contributed by atoms with Gasteiger partial charge in [-0.3, -0.25) is 15.6 Å². The molecule has 0 radical (unpaired) electrons. The zero-order valence-corrected chi connectivity index (χ0v) is 18.4. The Morgan fingerprint density at radius 2 is 2.17 bits per heavy atom. The minimum Gasteiger partial charge on any atom is -0.346 e. The lowest BCUT2D eigenvalue weighted by molar-refractivity contribution is -0.131. The summed E-state index contributed by atoms with van der Waals surface area (Å²) in [6.45, 7) is 5.16. The van der Waals surface area contributed by atoms with Crippen molar-refractivity contribution >= 4 is 18.3 Å². The highest BCUT2D eigenvalue weighted by Crippen LogP contribution is 2.25. The molecule has 29 heavy (non-hydrogen) atoms. The van der Waals surface area contributed by atoms with Crippen molar-refractivity contribution in [1.29, 1.82) is 0 Å². The number of nitrogens with one attached hydrogen (secondary N) is 3. The summed E-state index contributed by atoms with van der Waals surface area (Å²) >= 11 is 0. The Balaban J connectivity index is 0.00000300. The van der Waals surface area contributed by atoms with Gasteiger partial charge < -0.3 is 10.2 Å². The first-order chi connectivity index (χ1) is 13.5. The smallest absolute Gasteiger partial charge is 0.222 e. The van der Waals surface area contributed by atoms with Gasteiger partial charge in [-0.05, 0) is 74.7 Å². The van der Waals surface area contributed by atoms with Gasteiger partial charge in [0, 0.05) is 32.1 Å². The van der Waals surface area contributed by atoms with Gasteiger partial charge in [-0.2, -0.15) is 0 Å². The molecule has 0 aliphatic carbocycles. The first-order valence-corrected chi connectivity index (χ1v) is 10.7. The predicted molar refractivity (Wildman–Crippen MR) is 117 cm³/mol. The minimum atomic E-state index is -0.193. The average Bonchev–Trinajstić information content (AvgIpc) is 3.17. The van der Waals surface area contributed by atoms with Crippen LogP contribution in [0, 0.1) is 17.7 Å². The topological polar surface area (TPSA) is 56.4 Å². The number of halogens is 2. The first kappa shape index (κ1) is 24.1. The number of rotatable bonds is 8. The summed E-state index contributed by atoms with van der Waals surface area (Å²) < 4.78 is 13.4. The van der Waals surface area contributed by atoms with Gasteiger partial charge in [0.15, 0.2) is 0 Å². The third kappa shape index (κ3) is 7.21. The van der Waals surface area contributed by atoms with E-state index in [-0.39, 0.29) is 30.2 Å². The van der Waals surface area contributed by atoms with Crippen LogP contribution in [0.2, 0.25) is 0 Å². The number of hydrogen-bond donors (Lipinski definition) is 3. The van der Waals surface area contributed by atoms with Gasteiger partial charge in [0.1, 0.15) is 5.82 Å².